The molecule has 3 aliphatic heterocycles. The number of fused-ring (bicyclic) bond motifs is 3. The summed E-state index contributed by atoms with van der Waals surface area (Å²) in [6.45, 7) is 8.02. The SMILES string of the molecule is CN(C)CCCOc1nc2ccccc2c(N2CCN(C(=O)c3ccc(Cl)cc3)CC2)c1C#N.Cn1c(=O)c(C#N)c(N2CCN(C(=O)c3ccccn3)CC2)c2ccccc21.N#Cc1c(N2CCN(C(=O)c3ccc(F)cc3)CC2)c2ccccc2n(Cc2ccccc2)c1=O. The summed E-state index contributed by atoms with van der Waals surface area (Å²) < 4.78 is 22.4. The van der Waals surface area contributed by atoms with E-state index < -0.39 is 0 Å². The summed E-state index contributed by atoms with van der Waals surface area (Å²) in [5.74, 6) is -0.289. The molecule has 10 aromatic rings. The number of ether oxygens (including phenoxy) is 1. The van der Waals surface area contributed by atoms with Crippen LogP contribution < -0.4 is 30.6 Å². The average Bonchev–Trinajstić information content (AvgIpc) is 0.774. The van der Waals surface area contributed by atoms with E-state index >= 15 is 0 Å². The van der Waals surface area contributed by atoms with E-state index in [0.29, 0.717) is 136 Å². The number of para-hydroxylation sites is 3. The number of nitriles is 3. The van der Waals surface area contributed by atoms with E-state index in [-0.39, 0.29) is 45.8 Å². The quantitative estimate of drug-likeness (QED) is 0.0980. The third-order valence-electron chi connectivity index (χ3n) is 17.5. The molecule has 490 valence electrons. The molecule has 13 rings (SSSR count). The molecule has 0 bridgehead atoms. The lowest BCUT2D eigenvalue weighted by Crippen LogP contribution is -2.49. The Morgan fingerprint density at radius 3 is 1.54 bits per heavy atom. The number of piperazine rings is 3. The third kappa shape index (κ3) is 14.9. The summed E-state index contributed by atoms with van der Waals surface area (Å²) in [4.78, 5) is 86.9. The van der Waals surface area contributed by atoms with Gasteiger partial charge in [-0.3, -0.25) is 29.0 Å². The number of carbonyl (C=O) groups excluding carboxylic acids is 3. The maximum absolute atomic E-state index is 13.5. The maximum atomic E-state index is 13.5. The van der Waals surface area contributed by atoms with Crippen LogP contribution in [0.1, 0.15) is 59.9 Å². The minimum absolute atomic E-state index is 0.0127. The van der Waals surface area contributed by atoms with E-state index in [1.165, 1.54) is 28.8 Å². The molecule has 97 heavy (non-hydrogen) atoms. The zero-order chi connectivity index (χ0) is 68.1. The van der Waals surface area contributed by atoms with Gasteiger partial charge in [-0.2, -0.15) is 15.8 Å². The van der Waals surface area contributed by atoms with Crippen molar-refractivity contribution in [3.8, 4) is 24.1 Å². The number of halogens is 2. The number of hydrogen-bond donors (Lipinski definition) is 0. The first kappa shape index (κ1) is 67.0. The lowest BCUT2D eigenvalue weighted by molar-refractivity contribution is 0.0735. The number of carbonyl (C=O) groups is 3. The molecule has 0 spiro atoms. The van der Waals surface area contributed by atoms with Crippen LogP contribution in [0.15, 0.2) is 186 Å². The number of rotatable bonds is 13. The number of aryl methyl sites for hydroxylation is 1. The first-order valence-corrected chi connectivity index (χ1v) is 32.3. The van der Waals surface area contributed by atoms with Crippen LogP contribution in [0.5, 0.6) is 5.88 Å². The number of anilines is 3. The number of amides is 3. The van der Waals surface area contributed by atoms with Gasteiger partial charge in [0.2, 0.25) is 5.88 Å². The molecule has 0 saturated carbocycles. The second-order valence-corrected chi connectivity index (χ2v) is 24.2. The van der Waals surface area contributed by atoms with Crippen LogP contribution in [0, 0.1) is 39.8 Å². The van der Waals surface area contributed by atoms with Crippen LogP contribution in [0.25, 0.3) is 32.7 Å². The van der Waals surface area contributed by atoms with Gasteiger partial charge in [0.15, 0.2) is 0 Å². The number of benzene rings is 6. The van der Waals surface area contributed by atoms with Crippen LogP contribution in [-0.4, -0.2) is 162 Å². The fourth-order valence-corrected chi connectivity index (χ4v) is 12.6. The van der Waals surface area contributed by atoms with E-state index in [2.05, 4.69) is 38.0 Å². The second-order valence-electron chi connectivity index (χ2n) is 23.8. The molecule has 3 amide bonds. The summed E-state index contributed by atoms with van der Waals surface area (Å²) in [5, 5.41) is 32.9. The van der Waals surface area contributed by atoms with Crippen LogP contribution in [0.2, 0.25) is 5.02 Å². The normalized spacial score (nSPS) is 13.8. The molecule has 7 heterocycles. The number of pyridine rings is 4. The van der Waals surface area contributed by atoms with Crippen molar-refractivity contribution in [2.45, 2.75) is 13.0 Å². The highest BCUT2D eigenvalue weighted by Crippen LogP contribution is 2.37. The Morgan fingerprint density at radius 2 is 1.00 bits per heavy atom. The average molecular weight is 1320 g/mol. The Labute approximate surface area is 565 Å². The Balaban J connectivity index is 0.000000149. The molecule has 0 N–H and O–H groups in total. The Bertz CT molecular complexity index is 4780. The molecule has 0 radical (unpaired) electrons. The molecule has 6 aromatic carbocycles. The Kier molecular flexibility index (Phi) is 21.2. The molecule has 4 aromatic heterocycles. The molecule has 3 fully saturated rings. The van der Waals surface area contributed by atoms with Gasteiger partial charge in [-0.15, -0.1) is 0 Å². The highest BCUT2D eigenvalue weighted by atomic mass is 35.5. The van der Waals surface area contributed by atoms with E-state index in [1.807, 2.05) is 132 Å². The predicted molar refractivity (Wildman–Crippen MR) is 374 cm³/mol. The molecular weight excluding hydrogens is 1250 g/mol. The molecule has 0 atom stereocenters. The monoisotopic (exact) mass is 1320 g/mol. The largest absolute Gasteiger partial charge is 0.477 e. The van der Waals surface area contributed by atoms with Crippen molar-refractivity contribution in [2.75, 3.05) is 120 Å². The first-order valence-electron chi connectivity index (χ1n) is 31.9. The minimum Gasteiger partial charge on any atom is -0.477 e. The Morgan fingerprint density at radius 1 is 0.536 bits per heavy atom. The summed E-state index contributed by atoms with van der Waals surface area (Å²) in [6, 6.07) is 57.0. The molecule has 3 saturated heterocycles. The molecule has 22 heteroatoms. The van der Waals surface area contributed by atoms with Gasteiger partial charge in [-0.05, 0) is 105 Å². The fraction of sp³-hybridized carbons (Fsp3) is 0.253. The first-order chi connectivity index (χ1) is 47.1. The summed E-state index contributed by atoms with van der Waals surface area (Å²) in [5.41, 5.74) is 6.98. The van der Waals surface area contributed by atoms with Crippen molar-refractivity contribution in [2.24, 2.45) is 7.05 Å². The smallest absolute Gasteiger partial charge is 0.272 e. The third-order valence-corrected chi connectivity index (χ3v) is 17.7. The molecule has 0 unspecified atom stereocenters. The maximum Gasteiger partial charge on any atom is 0.272 e. The van der Waals surface area contributed by atoms with Crippen molar-refractivity contribution >= 4 is 79.1 Å². The van der Waals surface area contributed by atoms with E-state index in [4.69, 9.17) is 16.3 Å². The van der Waals surface area contributed by atoms with Gasteiger partial charge in [0.1, 0.15) is 46.4 Å². The van der Waals surface area contributed by atoms with Gasteiger partial charge in [-0.1, -0.05) is 103 Å². The van der Waals surface area contributed by atoms with Gasteiger partial charge in [0.25, 0.3) is 28.8 Å². The second kappa shape index (κ2) is 30.8. The molecule has 0 aliphatic carbocycles. The lowest BCUT2D eigenvalue weighted by atomic mass is 10.1. The zero-order valence-electron chi connectivity index (χ0n) is 54.0. The minimum atomic E-state index is -0.385. The number of aromatic nitrogens is 4. The van der Waals surface area contributed by atoms with E-state index in [0.717, 1.165) is 56.9 Å². The van der Waals surface area contributed by atoms with Crippen molar-refractivity contribution in [1.29, 1.82) is 15.8 Å². The van der Waals surface area contributed by atoms with Crippen LogP contribution in [0.3, 0.4) is 0 Å². The predicted octanol–water partition coefficient (Wildman–Crippen LogP) is 9.84. The van der Waals surface area contributed by atoms with Gasteiger partial charge in [0.05, 0.1) is 46.8 Å². The summed E-state index contributed by atoms with van der Waals surface area (Å²) in [7, 11) is 5.72. The highest BCUT2D eigenvalue weighted by Gasteiger charge is 2.31. The highest BCUT2D eigenvalue weighted by molar-refractivity contribution is 6.30. The lowest BCUT2D eigenvalue weighted by Gasteiger charge is -2.37. The Hall–Kier alpha value is -11.4. The zero-order valence-corrected chi connectivity index (χ0v) is 54.8. The van der Waals surface area contributed by atoms with Gasteiger partial charge < -0.3 is 48.2 Å². The van der Waals surface area contributed by atoms with Crippen LogP contribution >= 0.6 is 11.6 Å². The van der Waals surface area contributed by atoms with Crippen molar-refractivity contribution in [3.05, 3.63) is 247 Å². The number of nitrogens with zero attached hydrogens (tertiary/aromatic N) is 14. The summed E-state index contributed by atoms with van der Waals surface area (Å²) >= 11 is 5.96. The van der Waals surface area contributed by atoms with Gasteiger partial charge >= 0.3 is 0 Å². The standard InChI is InChI=1S/C28H23FN4O2.C26H28ClN5O2.C21H19N5O2/c29-22-12-10-21(11-13-22)27(34)32-16-14-31(15-17-32)26-23-8-4-5-9-25(23)33(28(35)24(26)18-30)19-20-6-2-1-3-7-20;1-30(2)12-5-17-34-25-22(18-28)24(21-6-3-4-7-23(21)29-25)31-13-15-32(16-14-31)26(33)19-8-10-20(27)11-9-19;1-24-18-8-3-2-6-15(18)19(16(14-22)20(24)27)25-10-12-26(13-11-25)21(28)17-7-4-5-9-23-17/h1-13H,14-17,19H2;3-4,6-11H,5,12-17H2,1-2H3;2-9H,10-13H2,1H3. The topological polar surface area (TPSA) is 224 Å². The number of hydrogen-bond acceptors (Lipinski definition) is 15. The van der Waals surface area contributed by atoms with Crippen LogP contribution in [-0.2, 0) is 13.6 Å². The molecular formula is C75H70ClFN14O6. The summed E-state index contributed by atoms with van der Waals surface area (Å²) in [6.07, 6.45) is 2.45. The van der Waals surface area contributed by atoms with Gasteiger partial charge in [-0.25, -0.2) is 9.37 Å². The van der Waals surface area contributed by atoms with E-state index in [1.54, 1.807) is 70.1 Å². The fourth-order valence-electron chi connectivity index (χ4n) is 12.5. The van der Waals surface area contributed by atoms with Crippen LogP contribution in [0.4, 0.5) is 21.5 Å². The van der Waals surface area contributed by atoms with Crippen molar-refractivity contribution < 1.29 is 23.5 Å². The van der Waals surface area contributed by atoms with Crippen molar-refractivity contribution in [1.82, 2.24) is 38.7 Å². The van der Waals surface area contributed by atoms with E-state index in [9.17, 15) is 44.1 Å². The molecule has 3 aliphatic rings. The molecule has 20 nitrogen and oxygen atoms in total. The van der Waals surface area contributed by atoms with Gasteiger partial charge in [0, 0.05) is 131 Å². The van der Waals surface area contributed by atoms with Crippen molar-refractivity contribution in [3.63, 3.8) is 0 Å².